The van der Waals surface area contributed by atoms with Gasteiger partial charge in [0.25, 0.3) is 15.9 Å². The molecule has 0 aromatic heterocycles. The molecule has 0 bridgehead atoms. The van der Waals surface area contributed by atoms with Crippen molar-refractivity contribution < 1.29 is 17.9 Å². The molecule has 0 fully saturated rings. The van der Waals surface area contributed by atoms with Crippen molar-refractivity contribution in [3.63, 3.8) is 0 Å². The number of fused-ring (bicyclic) bond motifs is 1. The van der Waals surface area contributed by atoms with Crippen LogP contribution in [0.5, 0.6) is 5.75 Å². The van der Waals surface area contributed by atoms with Crippen LogP contribution >= 0.6 is 0 Å². The SMILES string of the molecule is NC(=O)C1CN(S(=O)(=O)/C=C/c2ccccc2)c2ccccc2O1. The van der Waals surface area contributed by atoms with Crippen LogP contribution < -0.4 is 14.8 Å². The van der Waals surface area contributed by atoms with Gasteiger partial charge in [-0.3, -0.25) is 9.10 Å². The molecule has 1 atom stereocenters. The number of sulfonamides is 1. The van der Waals surface area contributed by atoms with Crippen molar-refractivity contribution >= 4 is 27.7 Å². The summed E-state index contributed by atoms with van der Waals surface area (Å²) in [6.07, 6.45) is 0.479. The molecule has 3 rings (SSSR count). The number of benzene rings is 2. The molecule has 6 nitrogen and oxygen atoms in total. The minimum absolute atomic E-state index is 0.159. The van der Waals surface area contributed by atoms with Gasteiger partial charge in [0.2, 0.25) is 0 Å². The summed E-state index contributed by atoms with van der Waals surface area (Å²) in [5.41, 5.74) is 6.43. The predicted octanol–water partition coefficient (Wildman–Crippen LogP) is 1.74. The predicted molar refractivity (Wildman–Crippen MR) is 91.8 cm³/mol. The number of rotatable bonds is 4. The maximum absolute atomic E-state index is 12.7. The van der Waals surface area contributed by atoms with Crippen LogP contribution in [-0.2, 0) is 14.8 Å². The first-order valence-corrected chi connectivity index (χ1v) is 8.78. The lowest BCUT2D eigenvalue weighted by molar-refractivity contribution is -0.124. The fraction of sp³-hybridized carbons (Fsp3) is 0.118. The average molecular weight is 344 g/mol. The van der Waals surface area contributed by atoms with Gasteiger partial charge in [0, 0.05) is 0 Å². The van der Waals surface area contributed by atoms with E-state index in [9.17, 15) is 13.2 Å². The summed E-state index contributed by atoms with van der Waals surface area (Å²) in [7, 11) is -3.80. The third-order valence-electron chi connectivity index (χ3n) is 3.59. The fourth-order valence-electron chi connectivity index (χ4n) is 2.39. The highest BCUT2D eigenvalue weighted by molar-refractivity contribution is 7.95. The van der Waals surface area contributed by atoms with E-state index in [1.165, 1.54) is 6.08 Å². The fourth-order valence-corrected chi connectivity index (χ4v) is 3.64. The number of anilines is 1. The van der Waals surface area contributed by atoms with Gasteiger partial charge in [-0.1, -0.05) is 42.5 Å². The number of ether oxygens (including phenoxy) is 1. The zero-order chi connectivity index (χ0) is 17.2. The number of nitrogens with zero attached hydrogens (tertiary/aromatic N) is 1. The molecule has 24 heavy (non-hydrogen) atoms. The molecule has 0 saturated heterocycles. The van der Waals surface area contributed by atoms with Crippen LogP contribution in [0.3, 0.4) is 0 Å². The van der Waals surface area contributed by atoms with Gasteiger partial charge >= 0.3 is 0 Å². The molecule has 2 N–H and O–H groups in total. The maximum Gasteiger partial charge on any atom is 0.260 e. The Morgan fingerprint density at radius 2 is 1.79 bits per heavy atom. The van der Waals surface area contributed by atoms with Crippen molar-refractivity contribution in [2.45, 2.75) is 6.10 Å². The number of hydrogen-bond acceptors (Lipinski definition) is 4. The van der Waals surface area contributed by atoms with E-state index in [0.29, 0.717) is 11.4 Å². The first kappa shape index (κ1) is 16.1. The molecule has 124 valence electrons. The minimum Gasteiger partial charge on any atom is -0.476 e. The molecule has 2 aromatic rings. The van der Waals surface area contributed by atoms with Crippen molar-refractivity contribution in [2.75, 3.05) is 10.8 Å². The zero-order valence-electron chi connectivity index (χ0n) is 12.7. The van der Waals surface area contributed by atoms with Gasteiger partial charge in [-0.15, -0.1) is 0 Å². The Bertz CT molecular complexity index is 878. The molecule has 0 spiro atoms. The molecule has 0 aliphatic carbocycles. The highest BCUT2D eigenvalue weighted by Crippen LogP contribution is 2.35. The van der Waals surface area contributed by atoms with Gasteiger partial charge < -0.3 is 10.5 Å². The summed E-state index contributed by atoms with van der Waals surface area (Å²) in [4.78, 5) is 11.5. The Kier molecular flexibility index (Phi) is 4.26. The van der Waals surface area contributed by atoms with E-state index in [1.54, 1.807) is 36.4 Å². The van der Waals surface area contributed by atoms with Crippen LogP contribution in [0, 0.1) is 0 Å². The molecule has 1 aliphatic heterocycles. The van der Waals surface area contributed by atoms with Gasteiger partial charge in [-0.25, -0.2) is 8.42 Å². The van der Waals surface area contributed by atoms with E-state index in [2.05, 4.69) is 0 Å². The monoisotopic (exact) mass is 344 g/mol. The molecule has 0 radical (unpaired) electrons. The quantitative estimate of drug-likeness (QED) is 0.915. The van der Waals surface area contributed by atoms with E-state index in [1.807, 2.05) is 18.2 Å². The van der Waals surface area contributed by atoms with E-state index >= 15 is 0 Å². The lowest BCUT2D eigenvalue weighted by atomic mass is 10.2. The molecule has 1 aliphatic rings. The number of nitrogens with two attached hydrogens (primary N) is 1. The normalized spacial score (nSPS) is 17.3. The van der Waals surface area contributed by atoms with Gasteiger partial charge in [-0.05, 0) is 23.8 Å². The number of carbonyl (C=O) groups excluding carboxylic acids is 1. The Morgan fingerprint density at radius 3 is 2.50 bits per heavy atom. The molecule has 1 amide bonds. The zero-order valence-corrected chi connectivity index (χ0v) is 13.5. The van der Waals surface area contributed by atoms with Gasteiger partial charge in [0.15, 0.2) is 6.10 Å². The van der Waals surface area contributed by atoms with Crippen LogP contribution in [0.1, 0.15) is 5.56 Å². The molecular formula is C17H16N2O4S. The standard InChI is InChI=1S/C17H16N2O4S/c18-17(20)16-12-19(14-8-4-5-9-15(14)23-16)24(21,22)11-10-13-6-2-1-3-7-13/h1-11,16H,12H2,(H2,18,20)/b11-10+. The third-order valence-corrected chi connectivity index (χ3v) is 5.03. The smallest absolute Gasteiger partial charge is 0.260 e. The van der Waals surface area contributed by atoms with Gasteiger partial charge in [0.05, 0.1) is 17.6 Å². The topological polar surface area (TPSA) is 89.7 Å². The van der Waals surface area contributed by atoms with Crippen LogP contribution in [0.4, 0.5) is 5.69 Å². The van der Waals surface area contributed by atoms with Crippen molar-refractivity contribution in [1.29, 1.82) is 0 Å². The maximum atomic E-state index is 12.7. The first-order chi connectivity index (χ1) is 11.5. The third kappa shape index (κ3) is 3.26. The van der Waals surface area contributed by atoms with Crippen LogP contribution in [-0.4, -0.2) is 27.0 Å². The van der Waals surface area contributed by atoms with Crippen LogP contribution in [0.25, 0.3) is 6.08 Å². The molecule has 1 unspecified atom stereocenters. The number of amides is 1. The summed E-state index contributed by atoms with van der Waals surface area (Å²) >= 11 is 0. The Labute approximate surface area is 140 Å². The van der Waals surface area contributed by atoms with Crippen molar-refractivity contribution in [1.82, 2.24) is 0 Å². The van der Waals surface area contributed by atoms with Crippen LogP contribution in [0.2, 0.25) is 0 Å². The second-order valence-corrected chi connectivity index (χ2v) is 7.01. The first-order valence-electron chi connectivity index (χ1n) is 7.28. The van der Waals surface area contributed by atoms with E-state index < -0.39 is 22.0 Å². The Balaban J connectivity index is 1.97. The summed E-state index contributed by atoms with van der Waals surface area (Å²) in [6, 6.07) is 15.7. The van der Waals surface area contributed by atoms with Gasteiger partial charge in [-0.2, -0.15) is 0 Å². The van der Waals surface area contributed by atoms with E-state index in [-0.39, 0.29) is 6.54 Å². The van der Waals surface area contributed by atoms with Crippen molar-refractivity contribution in [2.24, 2.45) is 5.73 Å². The lowest BCUT2D eigenvalue weighted by Gasteiger charge is -2.33. The minimum atomic E-state index is -3.80. The summed E-state index contributed by atoms with van der Waals surface area (Å²) in [5.74, 6) is -0.402. The molecule has 2 aromatic carbocycles. The van der Waals surface area contributed by atoms with E-state index in [0.717, 1.165) is 15.3 Å². The average Bonchev–Trinajstić information content (AvgIpc) is 2.60. The molecule has 1 heterocycles. The highest BCUT2D eigenvalue weighted by Gasteiger charge is 2.34. The highest BCUT2D eigenvalue weighted by atomic mass is 32.2. The Hall–Kier alpha value is -2.80. The number of para-hydroxylation sites is 2. The lowest BCUT2D eigenvalue weighted by Crippen LogP contribution is -2.48. The van der Waals surface area contributed by atoms with Gasteiger partial charge in [0.1, 0.15) is 5.75 Å². The summed E-state index contributed by atoms with van der Waals surface area (Å²) in [5, 5.41) is 1.11. The van der Waals surface area contributed by atoms with E-state index in [4.69, 9.17) is 10.5 Å². The second-order valence-electron chi connectivity index (χ2n) is 5.27. The van der Waals surface area contributed by atoms with Crippen LogP contribution in [0.15, 0.2) is 60.0 Å². The molecular weight excluding hydrogens is 328 g/mol. The summed E-state index contributed by atoms with van der Waals surface area (Å²) in [6.45, 7) is -0.159. The summed E-state index contributed by atoms with van der Waals surface area (Å²) < 4.78 is 32.1. The Morgan fingerprint density at radius 1 is 1.12 bits per heavy atom. The van der Waals surface area contributed by atoms with Crippen molar-refractivity contribution in [3.8, 4) is 5.75 Å². The molecule has 0 saturated carbocycles. The largest absolute Gasteiger partial charge is 0.476 e. The van der Waals surface area contributed by atoms with Crippen molar-refractivity contribution in [3.05, 3.63) is 65.6 Å². The number of primary amides is 1. The number of carbonyl (C=O) groups is 1. The number of hydrogen-bond donors (Lipinski definition) is 1. The molecule has 7 heteroatoms. The second kappa shape index (κ2) is 6.37.